The van der Waals surface area contributed by atoms with Crippen LogP contribution < -0.4 is 5.32 Å². The molecule has 0 rings (SSSR count). The Kier molecular flexibility index (Phi) is 6.21. The molecule has 0 radical (unpaired) electrons. The predicted molar refractivity (Wildman–Crippen MR) is 58.1 cm³/mol. The molecule has 0 heterocycles. The Morgan fingerprint density at radius 3 is 2.43 bits per heavy atom. The van der Waals surface area contributed by atoms with Crippen LogP contribution in [0, 0.1) is 5.92 Å². The van der Waals surface area contributed by atoms with E-state index in [1.807, 2.05) is 6.08 Å². The van der Waals surface area contributed by atoms with Crippen LogP contribution in [0.5, 0.6) is 0 Å². The largest absolute Gasteiger partial charge is 0.466 e. The van der Waals surface area contributed by atoms with E-state index in [-0.39, 0.29) is 5.97 Å². The van der Waals surface area contributed by atoms with E-state index in [0.717, 1.165) is 0 Å². The zero-order valence-electron chi connectivity index (χ0n) is 9.76. The molecule has 0 aromatic carbocycles. The second-order valence-electron chi connectivity index (χ2n) is 3.82. The van der Waals surface area contributed by atoms with E-state index in [2.05, 4.69) is 30.8 Å². The lowest BCUT2D eigenvalue weighted by Crippen LogP contribution is -2.31. The van der Waals surface area contributed by atoms with Crippen LogP contribution in [0.2, 0.25) is 0 Å². The topological polar surface area (TPSA) is 38.3 Å². The summed E-state index contributed by atoms with van der Waals surface area (Å²) in [6, 6.07) is 0.455. The first-order chi connectivity index (χ1) is 6.49. The maximum Gasteiger partial charge on any atom is 0.333 e. The van der Waals surface area contributed by atoms with Crippen LogP contribution in [0.25, 0.3) is 0 Å². The van der Waals surface area contributed by atoms with Gasteiger partial charge in [-0.2, -0.15) is 0 Å². The second kappa shape index (κ2) is 6.60. The fourth-order valence-corrected chi connectivity index (χ4v) is 0.878. The molecule has 3 nitrogen and oxygen atoms in total. The highest BCUT2D eigenvalue weighted by atomic mass is 16.5. The standard InChI is InChI=1S/C11H21NO2/c1-8(2)10(4)12-7-6-9(3)11(13)14-5/h6,8,10,12H,7H2,1-5H3. The van der Waals surface area contributed by atoms with Gasteiger partial charge in [-0.15, -0.1) is 0 Å². The van der Waals surface area contributed by atoms with E-state index in [1.54, 1.807) is 6.92 Å². The molecule has 0 aliphatic heterocycles. The van der Waals surface area contributed by atoms with E-state index in [1.165, 1.54) is 7.11 Å². The number of esters is 1. The van der Waals surface area contributed by atoms with Crippen molar-refractivity contribution in [2.24, 2.45) is 5.92 Å². The van der Waals surface area contributed by atoms with E-state index in [0.29, 0.717) is 24.1 Å². The minimum absolute atomic E-state index is 0.260. The van der Waals surface area contributed by atoms with Gasteiger partial charge in [0.2, 0.25) is 0 Å². The number of nitrogens with one attached hydrogen (secondary N) is 1. The molecule has 0 aromatic heterocycles. The maximum absolute atomic E-state index is 11.0. The summed E-state index contributed by atoms with van der Waals surface area (Å²) in [5, 5.41) is 3.31. The normalized spacial score (nSPS) is 14.3. The van der Waals surface area contributed by atoms with Crippen molar-refractivity contribution in [2.45, 2.75) is 33.7 Å². The molecule has 0 spiro atoms. The summed E-state index contributed by atoms with van der Waals surface area (Å²) in [6.45, 7) is 8.92. The van der Waals surface area contributed by atoms with E-state index >= 15 is 0 Å². The summed E-state index contributed by atoms with van der Waals surface area (Å²) >= 11 is 0. The Labute approximate surface area is 86.5 Å². The highest BCUT2D eigenvalue weighted by molar-refractivity contribution is 5.87. The molecule has 0 saturated heterocycles. The van der Waals surface area contributed by atoms with Gasteiger partial charge in [0.05, 0.1) is 7.11 Å². The number of hydrogen-bond acceptors (Lipinski definition) is 3. The van der Waals surface area contributed by atoms with Gasteiger partial charge in [0.1, 0.15) is 0 Å². The molecule has 1 unspecified atom stereocenters. The SMILES string of the molecule is COC(=O)C(C)=CCNC(C)C(C)C. The zero-order valence-corrected chi connectivity index (χ0v) is 9.76. The third-order valence-electron chi connectivity index (χ3n) is 2.36. The maximum atomic E-state index is 11.0. The molecule has 1 atom stereocenters. The molecule has 0 bridgehead atoms. The van der Waals surface area contributed by atoms with Crippen molar-refractivity contribution in [1.82, 2.24) is 5.32 Å². The molecule has 1 N–H and O–H groups in total. The van der Waals surface area contributed by atoms with Crippen molar-refractivity contribution in [2.75, 3.05) is 13.7 Å². The highest BCUT2D eigenvalue weighted by Gasteiger charge is 2.05. The Balaban J connectivity index is 3.87. The van der Waals surface area contributed by atoms with Crippen molar-refractivity contribution in [3.63, 3.8) is 0 Å². The number of carbonyl (C=O) groups excluding carboxylic acids is 1. The molecule has 82 valence electrons. The minimum atomic E-state index is -0.260. The van der Waals surface area contributed by atoms with Crippen LogP contribution in [0.4, 0.5) is 0 Å². The third-order valence-corrected chi connectivity index (χ3v) is 2.36. The zero-order chi connectivity index (χ0) is 11.1. The molecule has 3 heteroatoms. The van der Waals surface area contributed by atoms with Gasteiger partial charge < -0.3 is 10.1 Å². The van der Waals surface area contributed by atoms with Crippen molar-refractivity contribution in [3.8, 4) is 0 Å². The second-order valence-corrected chi connectivity index (χ2v) is 3.82. The van der Waals surface area contributed by atoms with Gasteiger partial charge in [-0.05, 0) is 19.8 Å². The number of hydrogen-bond donors (Lipinski definition) is 1. The van der Waals surface area contributed by atoms with Gasteiger partial charge in [0.25, 0.3) is 0 Å². The molecule has 0 amide bonds. The third kappa shape index (κ3) is 5.02. The molecule has 0 aliphatic carbocycles. The molecule has 0 saturated carbocycles. The summed E-state index contributed by atoms with van der Waals surface area (Å²) in [5.41, 5.74) is 0.649. The fraction of sp³-hybridized carbons (Fsp3) is 0.727. The Bertz CT molecular complexity index is 209. The number of rotatable bonds is 5. The molecule has 14 heavy (non-hydrogen) atoms. The average molecular weight is 199 g/mol. The van der Waals surface area contributed by atoms with Crippen molar-refractivity contribution in [3.05, 3.63) is 11.6 Å². The first-order valence-corrected chi connectivity index (χ1v) is 4.97. The number of ether oxygens (including phenoxy) is 1. The lowest BCUT2D eigenvalue weighted by Gasteiger charge is -2.16. The van der Waals surface area contributed by atoms with Crippen molar-refractivity contribution < 1.29 is 9.53 Å². The van der Waals surface area contributed by atoms with Gasteiger partial charge >= 0.3 is 5.97 Å². The average Bonchev–Trinajstić information content (AvgIpc) is 2.15. The Morgan fingerprint density at radius 1 is 1.43 bits per heavy atom. The van der Waals surface area contributed by atoms with E-state index in [9.17, 15) is 4.79 Å². The van der Waals surface area contributed by atoms with Crippen molar-refractivity contribution in [1.29, 1.82) is 0 Å². The Morgan fingerprint density at radius 2 is 2.00 bits per heavy atom. The van der Waals surface area contributed by atoms with Crippen molar-refractivity contribution >= 4 is 5.97 Å². The first-order valence-electron chi connectivity index (χ1n) is 4.97. The number of carbonyl (C=O) groups is 1. The molecular formula is C11H21NO2. The lowest BCUT2D eigenvalue weighted by atomic mass is 10.1. The van der Waals surface area contributed by atoms with Gasteiger partial charge in [-0.3, -0.25) is 0 Å². The predicted octanol–water partition coefficient (Wildman–Crippen LogP) is 1.74. The van der Waals surface area contributed by atoms with E-state index in [4.69, 9.17) is 0 Å². The van der Waals surface area contributed by atoms with Crippen LogP contribution >= 0.6 is 0 Å². The summed E-state index contributed by atoms with van der Waals surface area (Å²) in [7, 11) is 1.39. The van der Waals surface area contributed by atoms with Gasteiger partial charge in [-0.1, -0.05) is 19.9 Å². The smallest absolute Gasteiger partial charge is 0.333 e. The molecule has 0 aromatic rings. The quantitative estimate of drug-likeness (QED) is 0.541. The van der Waals surface area contributed by atoms with Gasteiger partial charge in [-0.25, -0.2) is 4.79 Å². The highest BCUT2D eigenvalue weighted by Crippen LogP contribution is 2.00. The Hall–Kier alpha value is -0.830. The molecule has 0 fully saturated rings. The summed E-state index contributed by atoms with van der Waals surface area (Å²) in [4.78, 5) is 11.0. The van der Waals surface area contributed by atoms with Crippen LogP contribution in [0.15, 0.2) is 11.6 Å². The molecule has 0 aliphatic rings. The van der Waals surface area contributed by atoms with Crippen LogP contribution in [-0.4, -0.2) is 25.7 Å². The van der Waals surface area contributed by atoms with Crippen LogP contribution in [-0.2, 0) is 9.53 Å². The fourth-order valence-electron chi connectivity index (χ4n) is 0.878. The van der Waals surface area contributed by atoms with Gasteiger partial charge in [0.15, 0.2) is 0 Å². The van der Waals surface area contributed by atoms with E-state index < -0.39 is 0 Å². The van der Waals surface area contributed by atoms with Crippen LogP contribution in [0.3, 0.4) is 0 Å². The lowest BCUT2D eigenvalue weighted by molar-refractivity contribution is -0.136. The number of methoxy groups -OCH3 is 1. The summed E-state index contributed by atoms with van der Waals surface area (Å²) in [6.07, 6.45) is 1.85. The van der Waals surface area contributed by atoms with Crippen LogP contribution in [0.1, 0.15) is 27.7 Å². The first kappa shape index (κ1) is 13.2. The van der Waals surface area contributed by atoms with Gasteiger partial charge in [0, 0.05) is 18.2 Å². The molecular weight excluding hydrogens is 178 g/mol. The monoisotopic (exact) mass is 199 g/mol. The minimum Gasteiger partial charge on any atom is -0.466 e. The summed E-state index contributed by atoms with van der Waals surface area (Å²) in [5.74, 6) is 0.339. The summed E-state index contributed by atoms with van der Waals surface area (Å²) < 4.78 is 4.58.